The van der Waals surface area contributed by atoms with E-state index in [-0.39, 0.29) is 5.91 Å². The van der Waals surface area contributed by atoms with Crippen molar-refractivity contribution in [3.05, 3.63) is 69.7 Å². The van der Waals surface area contributed by atoms with Crippen LogP contribution >= 0.6 is 11.3 Å². The predicted molar refractivity (Wildman–Crippen MR) is 121 cm³/mol. The lowest BCUT2D eigenvalue weighted by molar-refractivity contribution is 0.0945. The van der Waals surface area contributed by atoms with Crippen molar-refractivity contribution in [3.63, 3.8) is 0 Å². The van der Waals surface area contributed by atoms with Crippen LogP contribution in [0.15, 0.2) is 42.3 Å². The summed E-state index contributed by atoms with van der Waals surface area (Å²) in [6.07, 6.45) is 6.28. The van der Waals surface area contributed by atoms with Crippen molar-refractivity contribution >= 4 is 23.1 Å². The highest BCUT2D eigenvalue weighted by atomic mass is 32.1. The molecule has 1 N–H and O–H groups in total. The van der Waals surface area contributed by atoms with Crippen LogP contribution in [0.2, 0.25) is 0 Å². The minimum absolute atomic E-state index is 0.241. The molecule has 0 atom stereocenters. The molecule has 1 amide bonds. The zero-order valence-corrected chi connectivity index (χ0v) is 18.6. The van der Waals surface area contributed by atoms with Crippen molar-refractivity contribution in [2.75, 3.05) is 11.4 Å². The first kappa shape index (κ1) is 20.3. The molecule has 0 saturated heterocycles. The Balaban J connectivity index is 1.32. The van der Waals surface area contributed by atoms with Crippen molar-refractivity contribution < 1.29 is 4.79 Å². The summed E-state index contributed by atoms with van der Waals surface area (Å²) in [5.74, 6) is 0.551. The molecule has 10 heteroatoms. The Kier molecular flexibility index (Phi) is 5.36. The van der Waals surface area contributed by atoms with Crippen molar-refractivity contribution in [2.45, 2.75) is 26.4 Å². The fraction of sp³-hybridized carbons (Fsp3) is 0.273. The number of amides is 1. The zero-order chi connectivity index (χ0) is 22.1. The Hall–Kier alpha value is -3.66. The molecule has 5 heterocycles. The zero-order valence-electron chi connectivity index (χ0n) is 17.8. The molecular formula is C22H22N8OS. The molecule has 4 aromatic rings. The van der Waals surface area contributed by atoms with Gasteiger partial charge in [-0.3, -0.25) is 19.4 Å². The first-order valence-electron chi connectivity index (χ1n) is 10.3. The second-order valence-electron chi connectivity index (χ2n) is 7.73. The van der Waals surface area contributed by atoms with Crippen LogP contribution < -0.4 is 10.2 Å². The Bertz CT molecular complexity index is 1270. The summed E-state index contributed by atoms with van der Waals surface area (Å²) in [5, 5.41) is 15.7. The molecule has 4 aromatic heterocycles. The highest BCUT2D eigenvalue weighted by molar-refractivity contribution is 7.09. The Morgan fingerprint density at radius 2 is 2.16 bits per heavy atom. The molecule has 0 aliphatic carbocycles. The van der Waals surface area contributed by atoms with E-state index < -0.39 is 0 Å². The summed E-state index contributed by atoms with van der Waals surface area (Å²) in [6.45, 7) is 3.89. The molecule has 0 spiro atoms. The number of hydrogen-bond acceptors (Lipinski definition) is 8. The monoisotopic (exact) mass is 446 g/mol. The number of hydrogen-bond donors (Lipinski definition) is 1. The SMILES string of the molecule is Cc1cc(C(=O)NCc2cncs2)nnc1N1CCc2ncc(-c3ccnn3C)cc2C1. The van der Waals surface area contributed by atoms with Crippen LogP contribution in [0.1, 0.15) is 32.2 Å². The van der Waals surface area contributed by atoms with Crippen LogP contribution in [-0.4, -0.2) is 42.4 Å². The number of carbonyl (C=O) groups is 1. The minimum atomic E-state index is -0.241. The van der Waals surface area contributed by atoms with Gasteiger partial charge < -0.3 is 10.2 Å². The topological polar surface area (TPSA) is 102 Å². The number of pyridine rings is 1. The number of aromatic nitrogens is 6. The van der Waals surface area contributed by atoms with Gasteiger partial charge in [0.15, 0.2) is 11.5 Å². The second kappa shape index (κ2) is 8.46. The Labute approximate surface area is 189 Å². The van der Waals surface area contributed by atoms with Gasteiger partial charge in [0.25, 0.3) is 5.91 Å². The predicted octanol–water partition coefficient (Wildman–Crippen LogP) is 2.53. The van der Waals surface area contributed by atoms with E-state index in [0.29, 0.717) is 18.8 Å². The maximum atomic E-state index is 12.5. The number of nitrogens with zero attached hydrogens (tertiary/aromatic N) is 7. The van der Waals surface area contributed by atoms with Gasteiger partial charge in [-0.15, -0.1) is 21.5 Å². The first-order chi connectivity index (χ1) is 15.6. The number of rotatable bonds is 5. The molecule has 0 bridgehead atoms. The maximum Gasteiger partial charge on any atom is 0.272 e. The van der Waals surface area contributed by atoms with Crippen molar-refractivity contribution in [1.29, 1.82) is 0 Å². The highest BCUT2D eigenvalue weighted by Crippen LogP contribution is 2.27. The number of nitrogens with one attached hydrogen (secondary N) is 1. The van der Waals surface area contributed by atoms with Crippen LogP contribution in [0.3, 0.4) is 0 Å². The summed E-state index contributed by atoms with van der Waals surface area (Å²) in [7, 11) is 1.93. The largest absolute Gasteiger partial charge is 0.350 e. The molecule has 1 aliphatic rings. The van der Waals surface area contributed by atoms with E-state index in [2.05, 4.69) is 41.5 Å². The number of carbonyl (C=O) groups excluding carboxylic acids is 1. The summed E-state index contributed by atoms with van der Waals surface area (Å²) in [4.78, 5) is 24.3. The Morgan fingerprint density at radius 1 is 1.25 bits per heavy atom. The van der Waals surface area contributed by atoms with Crippen LogP contribution in [0.4, 0.5) is 5.82 Å². The lowest BCUT2D eigenvalue weighted by Crippen LogP contribution is -2.33. The van der Waals surface area contributed by atoms with Gasteiger partial charge in [-0.25, -0.2) is 0 Å². The molecule has 0 aromatic carbocycles. The minimum Gasteiger partial charge on any atom is -0.350 e. The average Bonchev–Trinajstić information content (AvgIpc) is 3.48. The van der Waals surface area contributed by atoms with E-state index in [1.807, 2.05) is 30.9 Å². The molecule has 32 heavy (non-hydrogen) atoms. The van der Waals surface area contributed by atoms with Gasteiger partial charge in [0.1, 0.15) is 0 Å². The van der Waals surface area contributed by atoms with E-state index in [0.717, 1.165) is 46.2 Å². The van der Waals surface area contributed by atoms with Crippen LogP contribution in [-0.2, 0) is 26.6 Å². The molecule has 9 nitrogen and oxygen atoms in total. The summed E-state index contributed by atoms with van der Waals surface area (Å²) < 4.78 is 1.85. The van der Waals surface area contributed by atoms with Gasteiger partial charge in [0.2, 0.25) is 0 Å². The number of thiazole rings is 1. The number of anilines is 1. The molecular weight excluding hydrogens is 424 g/mol. The van der Waals surface area contributed by atoms with Crippen LogP contribution in [0.5, 0.6) is 0 Å². The number of fused-ring (bicyclic) bond motifs is 1. The Morgan fingerprint density at radius 3 is 2.91 bits per heavy atom. The number of aryl methyl sites for hydroxylation is 2. The lowest BCUT2D eigenvalue weighted by atomic mass is 10.0. The van der Waals surface area contributed by atoms with E-state index >= 15 is 0 Å². The van der Waals surface area contributed by atoms with Crippen LogP contribution in [0, 0.1) is 6.92 Å². The molecule has 0 unspecified atom stereocenters. The third-order valence-electron chi connectivity index (χ3n) is 5.55. The van der Waals surface area contributed by atoms with Crippen molar-refractivity contribution in [3.8, 4) is 11.3 Å². The van der Waals surface area contributed by atoms with E-state index in [1.54, 1.807) is 24.0 Å². The molecule has 5 rings (SSSR count). The summed E-state index contributed by atoms with van der Waals surface area (Å²) >= 11 is 1.50. The molecule has 162 valence electrons. The van der Waals surface area contributed by atoms with E-state index in [1.165, 1.54) is 16.9 Å². The maximum absolute atomic E-state index is 12.5. The quantitative estimate of drug-likeness (QED) is 0.503. The average molecular weight is 447 g/mol. The molecule has 0 saturated carbocycles. The third-order valence-corrected chi connectivity index (χ3v) is 6.33. The normalized spacial score (nSPS) is 13.1. The van der Waals surface area contributed by atoms with Gasteiger partial charge >= 0.3 is 0 Å². The summed E-state index contributed by atoms with van der Waals surface area (Å²) in [6, 6.07) is 5.96. The van der Waals surface area contributed by atoms with E-state index in [9.17, 15) is 4.79 Å². The lowest BCUT2D eigenvalue weighted by Gasteiger charge is -2.30. The fourth-order valence-electron chi connectivity index (χ4n) is 3.89. The van der Waals surface area contributed by atoms with Gasteiger partial charge in [-0.05, 0) is 36.2 Å². The molecule has 0 fully saturated rings. The van der Waals surface area contributed by atoms with Gasteiger partial charge in [-0.2, -0.15) is 5.10 Å². The standard InChI is InChI=1S/C22H22N8OS/c1-14-7-19(22(31)25-11-17-10-23-13-32-17)27-28-21(14)30-6-4-18-16(12-30)8-15(9-24-18)20-3-5-26-29(20)2/h3,5,7-10,13H,4,6,11-12H2,1-2H3,(H,25,31). The van der Waals surface area contributed by atoms with Gasteiger partial charge in [0.05, 0.1) is 17.7 Å². The van der Waals surface area contributed by atoms with E-state index in [4.69, 9.17) is 0 Å². The summed E-state index contributed by atoms with van der Waals surface area (Å²) in [5.41, 5.74) is 7.32. The van der Waals surface area contributed by atoms with Crippen molar-refractivity contribution in [2.24, 2.45) is 7.05 Å². The van der Waals surface area contributed by atoms with Gasteiger partial charge in [-0.1, -0.05) is 0 Å². The van der Waals surface area contributed by atoms with Gasteiger partial charge in [0, 0.05) is 61.3 Å². The third kappa shape index (κ3) is 3.96. The fourth-order valence-corrected chi connectivity index (χ4v) is 4.43. The second-order valence-corrected chi connectivity index (χ2v) is 8.70. The smallest absolute Gasteiger partial charge is 0.272 e. The molecule has 0 radical (unpaired) electrons. The van der Waals surface area contributed by atoms with Crippen LogP contribution in [0.25, 0.3) is 11.3 Å². The highest BCUT2D eigenvalue weighted by Gasteiger charge is 2.22. The molecule has 1 aliphatic heterocycles. The first-order valence-corrected chi connectivity index (χ1v) is 11.2. The van der Waals surface area contributed by atoms with Crippen molar-refractivity contribution in [1.82, 2.24) is 35.3 Å².